The SMILES string of the molecule is CC(=Cc1ccccc1)C=C1SC(=S)N(c2ccccc2F)C1=O. The predicted octanol–water partition coefficient (Wildman–Crippen LogP) is 5.18. The maximum atomic E-state index is 14.0. The summed E-state index contributed by atoms with van der Waals surface area (Å²) in [6.45, 7) is 1.92. The summed E-state index contributed by atoms with van der Waals surface area (Å²) in [6, 6.07) is 16.0. The highest BCUT2D eigenvalue weighted by atomic mass is 32.2. The number of halogens is 1. The standard InChI is InChI=1S/C19H14FNOS2/c1-13(11-14-7-3-2-4-8-14)12-17-18(22)21(19(23)24-17)16-10-6-5-9-15(16)20/h2-12H,1H3. The van der Waals surface area contributed by atoms with Crippen molar-refractivity contribution in [1.29, 1.82) is 0 Å². The van der Waals surface area contributed by atoms with Crippen molar-refractivity contribution in [3.05, 3.63) is 82.5 Å². The number of thiocarbonyl (C=S) groups is 1. The second kappa shape index (κ2) is 7.11. The van der Waals surface area contributed by atoms with Gasteiger partial charge >= 0.3 is 0 Å². The summed E-state index contributed by atoms with van der Waals surface area (Å²) in [7, 11) is 0. The first-order chi connectivity index (χ1) is 11.6. The predicted molar refractivity (Wildman–Crippen MR) is 102 cm³/mol. The largest absolute Gasteiger partial charge is 0.270 e. The van der Waals surface area contributed by atoms with Crippen molar-refractivity contribution in [3.63, 3.8) is 0 Å². The Hall–Kier alpha value is -2.24. The Kier molecular flexibility index (Phi) is 4.92. The number of anilines is 1. The van der Waals surface area contributed by atoms with E-state index < -0.39 is 5.82 Å². The van der Waals surface area contributed by atoms with Crippen LogP contribution in [0.1, 0.15) is 12.5 Å². The van der Waals surface area contributed by atoms with Crippen molar-refractivity contribution in [2.45, 2.75) is 6.92 Å². The lowest BCUT2D eigenvalue weighted by atomic mass is 10.1. The van der Waals surface area contributed by atoms with Gasteiger partial charge in [-0.1, -0.05) is 72.5 Å². The van der Waals surface area contributed by atoms with Crippen LogP contribution < -0.4 is 4.90 Å². The van der Waals surface area contributed by atoms with Crippen LogP contribution >= 0.6 is 24.0 Å². The van der Waals surface area contributed by atoms with Gasteiger partial charge < -0.3 is 0 Å². The van der Waals surface area contributed by atoms with Gasteiger partial charge in [-0.15, -0.1) is 0 Å². The minimum Gasteiger partial charge on any atom is -0.268 e. The molecule has 0 N–H and O–H groups in total. The fourth-order valence-electron chi connectivity index (χ4n) is 2.37. The lowest BCUT2D eigenvalue weighted by Crippen LogP contribution is -2.28. The number of thioether (sulfide) groups is 1. The Balaban J connectivity index is 1.89. The monoisotopic (exact) mass is 355 g/mol. The number of carbonyl (C=O) groups excluding carboxylic acids is 1. The van der Waals surface area contributed by atoms with Gasteiger partial charge in [0.15, 0.2) is 4.32 Å². The molecular weight excluding hydrogens is 341 g/mol. The summed E-state index contributed by atoms with van der Waals surface area (Å²) in [5, 5.41) is 0. The van der Waals surface area contributed by atoms with Gasteiger partial charge in [-0.2, -0.15) is 0 Å². The lowest BCUT2D eigenvalue weighted by molar-refractivity contribution is -0.113. The maximum Gasteiger partial charge on any atom is 0.270 e. The molecule has 1 aliphatic heterocycles. The average molecular weight is 355 g/mol. The van der Waals surface area contributed by atoms with E-state index in [9.17, 15) is 9.18 Å². The molecular formula is C19H14FNOS2. The Morgan fingerprint density at radius 2 is 1.79 bits per heavy atom. The molecule has 1 fully saturated rings. The van der Waals surface area contributed by atoms with Crippen LogP contribution in [0.15, 0.2) is 71.2 Å². The molecule has 2 nitrogen and oxygen atoms in total. The Morgan fingerprint density at radius 1 is 1.12 bits per heavy atom. The summed E-state index contributed by atoms with van der Waals surface area (Å²) in [5.41, 5.74) is 2.17. The maximum absolute atomic E-state index is 14.0. The average Bonchev–Trinajstić information content (AvgIpc) is 2.83. The Bertz CT molecular complexity index is 859. The molecule has 0 unspecified atom stereocenters. The van der Waals surface area contributed by atoms with E-state index in [1.165, 1.54) is 22.7 Å². The third-order valence-corrected chi connectivity index (χ3v) is 4.74. The van der Waals surface area contributed by atoms with E-state index in [0.717, 1.165) is 11.1 Å². The molecule has 0 atom stereocenters. The molecule has 2 aromatic carbocycles. The van der Waals surface area contributed by atoms with Gasteiger partial charge in [0.05, 0.1) is 10.6 Å². The first-order valence-electron chi connectivity index (χ1n) is 7.32. The van der Waals surface area contributed by atoms with Gasteiger partial charge in [-0.25, -0.2) is 4.39 Å². The molecule has 2 aromatic rings. The molecule has 0 radical (unpaired) electrons. The molecule has 0 aromatic heterocycles. The number of hydrogen-bond acceptors (Lipinski definition) is 3. The summed E-state index contributed by atoms with van der Waals surface area (Å²) in [6.07, 6.45) is 3.77. The molecule has 1 saturated heterocycles. The number of amides is 1. The number of allylic oxidation sites excluding steroid dienone is 2. The molecule has 1 aliphatic rings. The highest BCUT2D eigenvalue weighted by Gasteiger charge is 2.34. The van der Waals surface area contributed by atoms with Crippen molar-refractivity contribution in [2.75, 3.05) is 4.90 Å². The molecule has 0 bridgehead atoms. The van der Waals surface area contributed by atoms with E-state index in [-0.39, 0.29) is 11.6 Å². The van der Waals surface area contributed by atoms with Crippen molar-refractivity contribution in [1.82, 2.24) is 0 Å². The fraction of sp³-hybridized carbons (Fsp3) is 0.0526. The highest BCUT2D eigenvalue weighted by molar-refractivity contribution is 8.27. The zero-order chi connectivity index (χ0) is 17.1. The third-order valence-electron chi connectivity index (χ3n) is 3.44. The van der Waals surface area contributed by atoms with Gasteiger partial charge in [-0.3, -0.25) is 9.69 Å². The Labute approximate surface area is 149 Å². The van der Waals surface area contributed by atoms with E-state index >= 15 is 0 Å². The molecule has 1 amide bonds. The summed E-state index contributed by atoms with van der Waals surface area (Å²) < 4.78 is 14.3. The second-order valence-electron chi connectivity index (χ2n) is 5.27. The van der Waals surface area contributed by atoms with Crippen LogP contribution in [0.2, 0.25) is 0 Å². The molecule has 5 heteroatoms. The summed E-state index contributed by atoms with van der Waals surface area (Å²) >= 11 is 6.45. The van der Waals surface area contributed by atoms with Gasteiger partial charge in [0.25, 0.3) is 5.91 Å². The van der Waals surface area contributed by atoms with E-state index in [2.05, 4.69) is 0 Å². The topological polar surface area (TPSA) is 20.3 Å². The summed E-state index contributed by atoms with van der Waals surface area (Å²) in [5.74, 6) is -0.762. The van der Waals surface area contributed by atoms with Crippen molar-refractivity contribution in [2.24, 2.45) is 0 Å². The second-order valence-corrected chi connectivity index (χ2v) is 6.94. The minimum absolute atomic E-state index is 0.188. The van der Waals surface area contributed by atoms with Crippen molar-refractivity contribution >= 4 is 46.0 Å². The molecule has 0 aliphatic carbocycles. The number of para-hydroxylation sites is 1. The molecule has 3 rings (SSSR count). The van der Waals surface area contributed by atoms with E-state index in [0.29, 0.717) is 9.23 Å². The van der Waals surface area contributed by atoms with Gasteiger partial charge in [0, 0.05) is 0 Å². The molecule has 24 heavy (non-hydrogen) atoms. The van der Waals surface area contributed by atoms with Crippen LogP contribution in [-0.2, 0) is 4.79 Å². The van der Waals surface area contributed by atoms with E-state index in [4.69, 9.17) is 12.2 Å². The van der Waals surface area contributed by atoms with Crippen LogP contribution in [0.25, 0.3) is 6.08 Å². The molecule has 0 spiro atoms. The molecule has 1 heterocycles. The lowest BCUT2D eigenvalue weighted by Gasteiger charge is -2.14. The van der Waals surface area contributed by atoms with Crippen molar-refractivity contribution < 1.29 is 9.18 Å². The number of nitrogens with zero attached hydrogens (tertiary/aromatic N) is 1. The molecule has 0 saturated carbocycles. The summed E-state index contributed by atoms with van der Waals surface area (Å²) in [4.78, 5) is 14.4. The number of rotatable bonds is 3. The normalized spacial score (nSPS) is 17.0. The van der Waals surface area contributed by atoms with Crippen LogP contribution in [0, 0.1) is 5.82 Å². The van der Waals surface area contributed by atoms with Crippen molar-refractivity contribution in [3.8, 4) is 0 Å². The van der Waals surface area contributed by atoms with Crippen LogP contribution in [0.5, 0.6) is 0 Å². The van der Waals surface area contributed by atoms with Crippen LogP contribution in [0.3, 0.4) is 0 Å². The first-order valence-corrected chi connectivity index (χ1v) is 8.54. The number of hydrogen-bond donors (Lipinski definition) is 0. The van der Waals surface area contributed by atoms with Crippen LogP contribution in [-0.4, -0.2) is 10.2 Å². The Morgan fingerprint density at radius 3 is 2.50 bits per heavy atom. The van der Waals surface area contributed by atoms with Gasteiger partial charge in [0.2, 0.25) is 0 Å². The minimum atomic E-state index is -0.466. The van der Waals surface area contributed by atoms with Crippen LogP contribution in [0.4, 0.5) is 10.1 Å². The molecule has 120 valence electrons. The zero-order valence-electron chi connectivity index (χ0n) is 12.9. The highest BCUT2D eigenvalue weighted by Crippen LogP contribution is 2.36. The smallest absolute Gasteiger partial charge is 0.268 e. The number of carbonyl (C=O) groups is 1. The fourth-order valence-corrected chi connectivity index (χ4v) is 3.70. The van der Waals surface area contributed by atoms with Gasteiger partial charge in [-0.05, 0) is 36.3 Å². The van der Waals surface area contributed by atoms with E-state index in [1.807, 2.05) is 43.3 Å². The zero-order valence-corrected chi connectivity index (χ0v) is 14.5. The van der Waals surface area contributed by atoms with E-state index in [1.54, 1.807) is 24.3 Å². The quantitative estimate of drug-likeness (QED) is 0.559. The van der Waals surface area contributed by atoms with Gasteiger partial charge in [0.1, 0.15) is 5.82 Å². The third kappa shape index (κ3) is 3.47. The first kappa shape index (κ1) is 16.6. The number of benzene rings is 2.